The van der Waals surface area contributed by atoms with Crippen LogP contribution in [0.25, 0.3) is 0 Å². The maximum absolute atomic E-state index is 14.0. The minimum Gasteiger partial charge on any atom is -0.386 e. The lowest BCUT2D eigenvalue weighted by molar-refractivity contribution is 0.266. The highest BCUT2D eigenvalue weighted by atomic mass is 32.2. The standard InChI is InChI=1S/C15H20F2N2O2S/c1-3-22(20,21)14(2)8-9-15(10-16,19-13(14)18)11-6-4-5-7-12(11)17/h4-7H,3,8-10H2,1-2H3,(H2,18,19)/t14-,15-/m1/s1. The summed E-state index contributed by atoms with van der Waals surface area (Å²) >= 11 is 0. The fourth-order valence-corrected chi connectivity index (χ4v) is 4.23. The minimum absolute atomic E-state index is 0.0813. The number of amidine groups is 1. The molecule has 4 nitrogen and oxygen atoms in total. The molecule has 0 amide bonds. The Kier molecular flexibility index (Phi) is 4.30. The average molecular weight is 330 g/mol. The third-order valence-electron chi connectivity index (χ3n) is 4.55. The lowest BCUT2D eigenvalue weighted by Crippen LogP contribution is -2.54. The van der Waals surface area contributed by atoms with Gasteiger partial charge in [-0.25, -0.2) is 17.2 Å². The Balaban J connectivity index is 2.57. The molecule has 0 radical (unpaired) electrons. The molecular formula is C15H20F2N2O2S. The Morgan fingerprint density at radius 2 is 1.95 bits per heavy atom. The summed E-state index contributed by atoms with van der Waals surface area (Å²) in [4.78, 5) is 4.13. The van der Waals surface area contributed by atoms with Crippen LogP contribution in [0.15, 0.2) is 29.3 Å². The van der Waals surface area contributed by atoms with E-state index in [-0.39, 0.29) is 30.0 Å². The topological polar surface area (TPSA) is 72.5 Å². The van der Waals surface area contributed by atoms with Gasteiger partial charge < -0.3 is 5.73 Å². The molecule has 1 aliphatic heterocycles. The Hall–Kier alpha value is -1.50. The van der Waals surface area contributed by atoms with Crippen LogP contribution < -0.4 is 5.73 Å². The van der Waals surface area contributed by atoms with E-state index in [1.807, 2.05) is 0 Å². The van der Waals surface area contributed by atoms with Gasteiger partial charge in [0.1, 0.15) is 28.6 Å². The van der Waals surface area contributed by atoms with Crippen LogP contribution in [0.5, 0.6) is 0 Å². The van der Waals surface area contributed by atoms with E-state index in [0.29, 0.717) is 0 Å². The van der Waals surface area contributed by atoms with Gasteiger partial charge in [0.25, 0.3) is 0 Å². The molecule has 1 heterocycles. The second-order valence-electron chi connectivity index (χ2n) is 5.78. The van der Waals surface area contributed by atoms with Gasteiger partial charge in [0.05, 0.1) is 0 Å². The Bertz CT molecular complexity index is 705. The Morgan fingerprint density at radius 1 is 1.32 bits per heavy atom. The van der Waals surface area contributed by atoms with Crippen molar-refractivity contribution in [2.75, 3.05) is 12.4 Å². The normalized spacial score (nSPS) is 29.2. The second-order valence-corrected chi connectivity index (χ2v) is 8.48. The van der Waals surface area contributed by atoms with E-state index in [9.17, 15) is 17.2 Å². The predicted octanol–water partition coefficient (Wildman–Crippen LogP) is 2.33. The number of hydrogen-bond acceptors (Lipinski definition) is 4. The highest BCUT2D eigenvalue weighted by Crippen LogP contribution is 2.42. The SMILES string of the molecule is CCS(=O)(=O)[C@]1(C)CC[C@@](CF)(c2ccccc2F)N=C1N. The first-order chi connectivity index (χ1) is 10.2. The molecule has 22 heavy (non-hydrogen) atoms. The van der Waals surface area contributed by atoms with Crippen molar-refractivity contribution >= 4 is 15.7 Å². The third kappa shape index (κ3) is 2.41. The van der Waals surface area contributed by atoms with Crippen molar-refractivity contribution in [2.24, 2.45) is 10.7 Å². The van der Waals surface area contributed by atoms with E-state index in [1.54, 1.807) is 6.07 Å². The zero-order valence-corrected chi connectivity index (χ0v) is 13.5. The summed E-state index contributed by atoms with van der Waals surface area (Å²) in [5, 5.41) is 0. The van der Waals surface area contributed by atoms with E-state index in [4.69, 9.17) is 5.73 Å². The van der Waals surface area contributed by atoms with Crippen LogP contribution in [0.1, 0.15) is 32.3 Å². The monoisotopic (exact) mass is 330 g/mol. The highest BCUT2D eigenvalue weighted by Gasteiger charge is 2.49. The number of aliphatic imine (C=N–C) groups is 1. The van der Waals surface area contributed by atoms with Crippen molar-refractivity contribution in [1.29, 1.82) is 0 Å². The lowest BCUT2D eigenvalue weighted by atomic mass is 9.81. The van der Waals surface area contributed by atoms with Gasteiger partial charge in [-0.1, -0.05) is 25.1 Å². The van der Waals surface area contributed by atoms with E-state index in [2.05, 4.69) is 4.99 Å². The molecule has 0 saturated heterocycles. The quantitative estimate of drug-likeness (QED) is 0.921. The maximum Gasteiger partial charge on any atom is 0.162 e. The van der Waals surface area contributed by atoms with E-state index < -0.39 is 32.6 Å². The van der Waals surface area contributed by atoms with Crippen molar-refractivity contribution in [1.82, 2.24) is 0 Å². The first-order valence-electron chi connectivity index (χ1n) is 7.11. The molecule has 122 valence electrons. The van der Waals surface area contributed by atoms with Gasteiger partial charge in [0.15, 0.2) is 9.84 Å². The Morgan fingerprint density at radius 3 is 2.45 bits per heavy atom. The van der Waals surface area contributed by atoms with Crippen molar-refractivity contribution < 1.29 is 17.2 Å². The van der Waals surface area contributed by atoms with Crippen LogP contribution >= 0.6 is 0 Å². The number of hydrogen-bond donors (Lipinski definition) is 1. The number of halogens is 2. The van der Waals surface area contributed by atoms with Crippen LogP contribution in [-0.2, 0) is 15.4 Å². The van der Waals surface area contributed by atoms with Crippen LogP contribution in [0, 0.1) is 5.82 Å². The van der Waals surface area contributed by atoms with E-state index in [0.717, 1.165) is 0 Å². The Labute approximate surface area is 129 Å². The van der Waals surface area contributed by atoms with Crippen LogP contribution in [0.3, 0.4) is 0 Å². The number of nitrogens with zero attached hydrogens (tertiary/aromatic N) is 1. The van der Waals surface area contributed by atoms with Crippen molar-refractivity contribution in [3.8, 4) is 0 Å². The molecule has 1 aliphatic rings. The second kappa shape index (κ2) is 5.61. The van der Waals surface area contributed by atoms with Crippen LogP contribution in [0.2, 0.25) is 0 Å². The zero-order valence-electron chi connectivity index (χ0n) is 12.6. The van der Waals surface area contributed by atoms with Crippen molar-refractivity contribution in [3.05, 3.63) is 35.6 Å². The molecule has 0 aliphatic carbocycles. The molecule has 0 fully saturated rings. The summed E-state index contributed by atoms with van der Waals surface area (Å²) in [5.41, 5.74) is 4.56. The molecule has 0 unspecified atom stereocenters. The molecule has 7 heteroatoms. The number of sulfone groups is 1. The first kappa shape index (κ1) is 16.9. The molecule has 0 bridgehead atoms. The van der Waals surface area contributed by atoms with Gasteiger partial charge in [0.2, 0.25) is 0 Å². The van der Waals surface area contributed by atoms with Gasteiger partial charge >= 0.3 is 0 Å². The first-order valence-corrected chi connectivity index (χ1v) is 8.77. The van der Waals surface area contributed by atoms with Gasteiger partial charge in [0, 0.05) is 11.3 Å². The predicted molar refractivity (Wildman–Crippen MR) is 82.8 cm³/mol. The van der Waals surface area contributed by atoms with E-state index >= 15 is 0 Å². The molecule has 2 N–H and O–H groups in total. The van der Waals surface area contributed by atoms with Gasteiger partial charge in [-0.05, 0) is 25.8 Å². The molecule has 1 aromatic rings. The summed E-state index contributed by atoms with van der Waals surface area (Å²) in [6.07, 6.45) is 0.192. The van der Waals surface area contributed by atoms with Crippen molar-refractivity contribution in [2.45, 2.75) is 37.0 Å². The molecule has 0 aromatic heterocycles. The lowest BCUT2D eigenvalue weighted by Gasteiger charge is -2.40. The number of alkyl halides is 1. The molecule has 2 rings (SSSR count). The van der Waals surface area contributed by atoms with Crippen molar-refractivity contribution in [3.63, 3.8) is 0 Å². The average Bonchev–Trinajstić information content (AvgIpc) is 2.50. The van der Waals surface area contributed by atoms with Crippen LogP contribution in [-0.4, -0.2) is 31.4 Å². The summed E-state index contributed by atoms with van der Waals surface area (Å²) in [5.74, 6) is -0.803. The molecule has 0 saturated carbocycles. The fourth-order valence-electron chi connectivity index (χ4n) is 2.81. The van der Waals surface area contributed by atoms with Gasteiger partial charge in [-0.2, -0.15) is 0 Å². The molecular weight excluding hydrogens is 310 g/mol. The van der Waals surface area contributed by atoms with Crippen LogP contribution in [0.4, 0.5) is 8.78 Å². The van der Waals surface area contributed by atoms with Gasteiger partial charge in [-0.15, -0.1) is 0 Å². The number of nitrogens with two attached hydrogens (primary N) is 1. The smallest absolute Gasteiger partial charge is 0.162 e. The fraction of sp³-hybridized carbons (Fsp3) is 0.533. The molecule has 0 spiro atoms. The summed E-state index contributed by atoms with van der Waals surface area (Å²) in [6.45, 7) is 2.09. The van der Waals surface area contributed by atoms with E-state index in [1.165, 1.54) is 32.0 Å². The molecule has 1 aromatic carbocycles. The zero-order chi connectivity index (χ0) is 16.6. The summed E-state index contributed by atoms with van der Waals surface area (Å²) < 4.78 is 50.9. The number of benzene rings is 1. The summed E-state index contributed by atoms with van der Waals surface area (Å²) in [6, 6.07) is 5.79. The maximum atomic E-state index is 14.0. The highest BCUT2D eigenvalue weighted by molar-refractivity contribution is 7.93. The minimum atomic E-state index is -3.49. The number of rotatable bonds is 4. The van der Waals surface area contributed by atoms with Gasteiger partial charge in [-0.3, -0.25) is 4.99 Å². The molecule has 2 atom stereocenters. The largest absolute Gasteiger partial charge is 0.386 e. The summed E-state index contributed by atoms with van der Waals surface area (Å²) in [7, 11) is -3.49. The third-order valence-corrected chi connectivity index (χ3v) is 7.10.